The Kier molecular flexibility index (Phi) is 5.83. The third kappa shape index (κ3) is 4.02. The Labute approximate surface area is 158 Å². The van der Waals surface area contributed by atoms with Crippen molar-refractivity contribution in [3.63, 3.8) is 0 Å². The van der Waals surface area contributed by atoms with Crippen LogP contribution in [0.25, 0.3) is 0 Å². The van der Waals surface area contributed by atoms with Crippen LogP contribution in [-0.2, 0) is 6.54 Å². The Hall–Kier alpha value is -2.47. The van der Waals surface area contributed by atoms with E-state index in [9.17, 15) is 0 Å². The van der Waals surface area contributed by atoms with Gasteiger partial charge in [-0.05, 0) is 51.1 Å². The number of rotatable bonds is 6. The van der Waals surface area contributed by atoms with Crippen LogP contribution in [0.4, 0.5) is 5.69 Å². The Morgan fingerprint density at radius 2 is 2.12 bits per heavy atom. The number of aliphatic imine (C=N–C) groups is 1. The van der Waals surface area contributed by atoms with E-state index in [-0.39, 0.29) is 0 Å². The van der Waals surface area contributed by atoms with Crippen LogP contribution in [0.3, 0.4) is 0 Å². The Morgan fingerprint density at radius 3 is 2.73 bits per heavy atom. The van der Waals surface area contributed by atoms with E-state index in [1.165, 1.54) is 17.0 Å². The monoisotopic (exact) mass is 368 g/mol. The zero-order valence-corrected chi connectivity index (χ0v) is 16.3. The van der Waals surface area contributed by atoms with Gasteiger partial charge in [-0.25, -0.2) is 4.99 Å². The van der Waals surface area contributed by atoms with Crippen molar-refractivity contribution in [2.45, 2.75) is 27.3 Å². The number of amidine groups is 1. The van der Waals surface area contributed by atoms with E-state index in [2.05, 4.69) is 46.6 Å². The van der Waals surface area contributed by atoms with Crippen LogP contribution in [0.2, 0.25) is 0 Å². The lowest BCUT2D eigenvalue weighted by Gasteiger charge is -2.15. The summed E-state index contributed by atoms with van der Waals surface area (Å²) in [6, 6.07) is 9.94. The molecule has 2 heterocycles. The van der Waals surface area contributed by atoms with Gasteiger partial charge in [-0.15, -0.1) is 6.58 Å². The fraction of sp³-hybridized carbons (Fsp3) is 0.300. The molecule has 0 unspecified atom stereocenters. The Morgan fingerprint density at radius 1 is 1.35 bits per heavy atom. The molecule has 26 heavy (non-hydrogen) atoms. The summed E-state index contributed by atoms with van der Waals surface area (Å²) in [5.41, 5.74) is 8.63. The van der Waals surface area contributed by atoms with Crippen LogP contribution in [0, 0.1) is 13.8 Å². The molecule has 0 spiro atoms. The van der Waals surface area contributed by atoms with Crippen LogP contribution in [0.1, 0.15) is 23.9 Å². The van der Waals surface area contributed by atoms with Crippen LogP contribution >= 0.6 is 11.8 Å². The highest BCUT2D eigenvalue weighted by Gasteiger charge is 2.18. The third-order valence-corrected chi connectivity index (χ3v) is 5.08. The molecule has 0 atom stereocenters. The minimum atomic E-state index is 0.663. The van der Waals surface area contributed by atoms with Crippen LogP contribution < -0.4 is 10.2 Å². The number of allylic oxidation sites excluding steroid dienone is 1. The second-order valence-corrected chi connectivity index (χ2v) is 6.95. The second kappa shape index (κ2) is 8.27. The molecule has 0 amide bonds. The van der Waals surface area contributed by atoms with Crippen molar-refractivity contribution in [1.29, 1.82) is 0 Å². The molecule has 0 saturated heterocycles. The van der Waals surface area contributed by atoms with E-state index in [1.807, 2.05) is 37.3 Å². The molecular formula is C20H24N4OS. The summed E-state index contributed by atoms with van der Waals surface area (Å²) in [7, 11) is 0. The molecule has 0 fully saturated rings. The SMILES string of the molecule is C=CCn1c(C)cc(C2=NNC(=Nc3ccc(OCC)cc3)SC2)c1C. The lowest BCUT2D eigenvalue weighted by molar-refractivity contribution is 0.340. The topological polar surface area (TPSA) is 50.9 Å². The molecule has 2 aromatic rings. The summed E-state index contributed by atoms with van der Waals surface area (Å²) < 4.78 is 7.70. The van der Waals surface area contributed by atoms with Crippen molar-refractivity contribution < 1.29 is 4.74 Å². The molecule has 1 aliphatic heterocycles. The first-order chi connectivity index (χ1) is 12.6. The van der Waals surface area contributed by atoms with Gasteiger partial charge in [-0.1, -0.05) is 17.8 Å². The van der Waals surface area contributed by atoms with E-state index in [0.29, 0.717) is 6.61 Å². The maximum absolute atomic E-state index is 5.45. The minimum absolute atomic E-state index is 0.663. The molecule has 1 aliphatic rings. The molecule has 5 nitrogen and oxygen atoms in total. The van der Waals surface area contributed by atoms with Gasteiger partial charge in [-0.2, -0.15) is 5.10 Å². The minimum Gasteiger partial charge on any atom is -0.494 e. The van der Waals surface area contributed by atoms with Crippen molar-refractivity contribution in [2.24, 2.45) is 10.1 Å². The van der Waals surface area contributed by atoms with E-state index in [1.54, 1.807) is 11.8 Å². The summed E-state index contributed by atoms with van der Waals surface area (Å²) in [6.45, 7) is 11.5. The first-order valence-electron chi connectivity index (χ1n) is 8.67. The highest BCUT2D eigenvalue weighted by molar-refractivity contribution is 8.14. The smallest absolute Gasteiger partial charge is 0.182 e. The van der Waals surface area contributed by atoms with Crippen molar-refractivity contribution in [2.75, 3.05) is 12.4 Å². The van der Waals surface area contributed by atoms with Gasteiger partial charge < -0.3 is 9.30 Å². The van der Waals surface area contributed by atoms with Gasteiger partial charge in [-0.3, -0.25) is 5.43 Å². The average molecular weight is 369 g/mol. The lowest BCUT2D eigenvalue weighted by atomic mass is 10.1. The van der Waals surface area contributed by atoms with Gasteiger partial charge in [0.15, 0.2) is 5.17 Å². The number of aryl methyl sites for hydroxylation is 1. The van der Waals surface area contributed by atoms with Gasteiger partial charge in [0.25, 0.3) is 0 Å². The first-order valence-corrected chi connectivity index (χ1v) is 9.65. The lowest BCUT2D eigenvalue weighted by Crippen LogP contribution is -2.25. The standard InChI is InChI=1S/C20H24N4OS/c1-5-11-24-14(3)12-18(15(24)4)19-13-26-20(23-22-19)21-16-7-9-17(10-8-16)25-6-2/h5,7-10,12H,1,6,11,13H2,2-4H3,(H,21,23). The van der Waals surface area contributed by atoms with Gasteiger partial charge in [0.05, 0.1) is 18.0 Å². The molecule has 0 saturated carbocycles. The maximum atomic E-state index is 5.45. The highest BCUT2D eigenvalue weighted by Crippen LogP contribution is 2.23. The molecule has 0 aliphatic carbocycles. The summed E-state index contributed by atoms with van der Waals surface area (Å²) >= 11 is 1.66. The molecule has 136 valence electrons. The van der Waals surface area contributed by atoms with Crippen molar-refractivity contribution in [1.82, 2.24) is 9.99 Å². The molecule has 3 rings (SSSR count). The number of aromatic nitrogens is 1. The second-order valence-electron chi connectivity index (χ2n) is 5.99. The average Bonchev–Trinajstić information content (AvgIpc) is 2.93. The van der Waals surface area contributed by atoms with Crippen LogP contribution in [0.5, 0.6) is 5.75 Å². The molecule has 0 radical (unpaired) electrons. The fourth-order valence-electron chi connectivity index (χ4n) is 2.92. The highest BCUT2D eigenvalue weighted by atomic mass is 32.2. The Bertz CT molecular complexity index is 849. The van der Waals surface area contributed by atoms with E-state index in [4.69, 9.17) is 4.74 Å². The molecular weight excluding hydrogens is 344 g/mol. The number of nitrogens with one attached hydrogen (secondary N) is 1. The van der Waals surface area contributed by atoms with Crippen molar-refractivity contribution >= 4 is 28.3 Å². The van der Waals surface area contributed by atoms with Crippen molar-refractivity contribution in [3.05, 3.63) is 59.9 Å². The normalized spacial score (nSPS) is 15.5. The van der Waals surface area contributed by atoms with Gasteiger partial charge in [0, 0.05) is 29.2 Å². The van der Waals surface area contributed by atoms with E-state index < -0.39 is 0 Å². The molecule has 1 aromatic heterocycles. The zero-order chi connectivity index (χ0) is 18.5. The molecule has 1 N–H and O–H groups in total. The van der Waals surface area contributed by atoms with Crippen molar-refractivity contribution in [3.8, 4) is 5.75 Å². The maximum Gasteiger partial charge on any atom is 0.182 e. The number of hydrazone groups is 1. The fourth-order valence-corrected chi connectivity index (χ4v) is 3.69. The zero-order valence-electron chi connectivity index (χ0n) is 15.5. The summed E-state index contributed by atoms with van der Waals surface area (Å²) in [4.78, 5) is 4.61. The number of hydrogen-bond acceptors (Lipinski definition) is 4. The predicted octanol–water partition coefficient (Wildman–Crippen LogP) is 4.42. The van der Waals surface area contributed by atoms with E-state index in [0.717, 1.165) is 34.6 Å². The number of nitrogens with zero attached hydrogens (tertiary/aromatic N) is 3. The first kappa shape index (κ1) is 18.3. The van der Waals surface area contributed by atoms with Gasteiger partial charge in [0.2, 0.25) is 0 Å². The molecule has 1 aromatic carbocycles. The molecule has 6 heteroatoms. The number of thioether (sulfide) groups is 1. The largest absolute Gasteiger partial charge is 0.494 e. The van der Waals surface area contributed by atoms with Crippen LogP contribution in [0.15, 0.2) is 53.1 Å². The predicted molar refractivity (Wildman–Crippen MR) is 111 cm³/mol. The summed E-state index contributed by atoms with van der Waals surface area (Å²) in [5.74, 6) is 1.65. The van der Waals surface area contributed by atoms with Crippen LogP contribution in [-0.4, -0.2) is 27.8 Å². The van der Waals surface area contributed by atoms with Gasteiger partial charge >= 0.3 is 0 Å². The summed E-state index contributed by atoms with van der Waals surface area (Å²) in [5, 5.41) is 5.35. The quantitative estimate of drug-likeness (QED) is 0.768. The number of benzene rings is 1. The molecule has 0 bridgehead atoms. The van der Waals surface area contributed by atoms with Gasteiger partial charge in [0.1, 0.15) is 5.75 Å². The van der Waals surface area contributed by atoms with E-state index >= 15 is 0 Å². The Balaban J connectivity index is 1.74. The number of hydrogen-bond donors (Lipinski definition) is 1. The third-order valence-electron chi connectivity index (χ3n) is 4.21. The summed E-state index contributed by atoms with van der Waals surface area (Å²) in [6.07, 6.45) is 1.92. The number of ether oxygens (including phenoxy) is 1.